The molecule has 1 unspecified atom stereocenters. The maximum atomic E-state index is 13.5. The van der Waals surface area contributed by atoms with Gasteiger partial charge < -0.3 is 30.8 Å². The minimum Gasteiger partial charge on any atom is -0.444 e. The number of imidazole rings is 1. The lowest BCUT2D eigenvalue weighted by molar-refractivity contribution is -0.491. The molecule has 220 valence electrons. The summed E-state index contributed by atoms with van der Waals surface area (Å²) in [6.45, 7) is 8.07. The second-order valence-corrected chi connectivity index (χ2v) is 11.0. The molecule has 13 nitrogen and oxygen atoms in total. The Balaban J connectivity index is 2.29. The number of alkyl carbamates (subject to hydrolysis) is 1. The molecule has 2 rings (SSSR count). The molecular formula is C27H40N6O7. The number of hydrogen-bond donors (Lipinski definition) is 5. The number of aliphatic hydroxyl groups is 1. The summed E-state index contributed by atoms with van der Waals surface area (Å²) in [6, 6.07) is 5.87. The molecule has 0 bridgehead atoms. The molecule has 1 aromatic carbocycles. The number of hydrogen-bond acceptors (Lipinski definition) is 8. The van der Waals surface area contributed by atoms with Crippen molar-refractivity contribution in [1.82, 2.24) is 25.9 Å². The van der Waals surface area contributed by atoms with E-state index in [0.29, 0.717) is 5.69 Å². The monoisotopic (exact) mass is 560 g/mol. The number of nitro groups is 1. The van der Waals surface area contributed by atoms with Crippen LogP contribution in [0.15, 0.2) is 42.9 Å². The van der Waals surface area contributed by atoms with Crippen molar-refractivity contribution in [2.45, 2.75) is 83.7 Å². The first-order valence-electron chi connectivity index (χ1n) is 13.1. The molecule has 0 fully saturated rings. The van der Waals surface area contributed by atoms with Gasteiger partial charge in [-0.2, -0.15) is 0 Å². The molecule has 0 saturated heterocycles. The van der Waals surface area contributed by atoms with E-state index >= 15 is 0 Å². The standard InChI is InChI=1S/C27H40N6O7/c1-17(2)11-20(23(34)15-33(38)39)30-25(36)22(13-19-14-28-16-29-19)31-24(35)21(12-18-9-7-6-8-10-18)32-26(37)40-27(3,4)5/h6-10,14,16-17,20-23,34H,11-13,15H2,1-5H3,(H,28,29)(H,30,36)(H,31,35)(H,32,37)/t20-,21-,22-,23?/m0/s1. The second-order valence-electron chi connectivity index (χ2n) is 11.0. The Morgan fingerprint density at radius 1 is 1.05 bits per heavy atom. The highest BCUT2D eigenvalue weighted by Gasteiger charge is 2.32. The van der Waals surface area contributed by atoms with Crippen molar-refractivity contribution in [1.29, 1.82) is 0 Å². The van der Waals surface area contributed by atoms with Gasteiger partial charge in [-0.3, -0.25) is 19.7 Å². The lowest BCUT2D eigenvalue weighted by Gasteiger charge is -2.28. The topological polar surface area (TPSA) is 189 Å². The summed E-state index contributed by atoms with van der Waals surface area (Å²) in [6.07, 6.45) is 1.17. The van der Waals surface area contributed by atoms with Gasteiger partial charge in [0.15, 0.2) is 0 Å². The van der Waals surface area contributed by atoms with E-state index < -0.39 is 59.2 Å². The number of benzene rings is 1. The third-order valence-corrected chi connectivity index (χ3v) is 5.74. The minimum atomic E-state index is -1.43. The molecule has 0 spiro atoms. The van der Waals surface area contributed by atoms with Gasteiger partial charge in [0.05, 0.1) is 18.1 Å². The van der Waals surface area contributed by atoms with E-state index in [1.54, 1.807) is 51.2 Å². The average Bonchev–Trinajstić information content (AvgIpc) is 3.34. The van der Waals surface area contributed by atoms with Crippen molar-refractivity contribution in [3.63, 3.8) is 0 Å². The number of aromatic amines is 1. The van der Waals surface area contributed by atoms with Crippen LogP contribution in [0.4, 0.5) is 4.79 Å². The molecule has 0 saturated carbocycles. The van der Waals surface area contributed by atoms with Gasteiger partial charge in [-0.1, -0.05) is 44.2 Å². The van der Waals surface area contributed by atoms with Crippen LogP contribution in [-0.2, 0) is 27.2 Å². The van der Waals surface area contributed by atoms with E-state index in [2.05, 4.69) is 25.9 Å². The van der Waals surface area contributed by atoms with E-state index in [0.717, 1.165) is 5.56 Å². The van der Waals surface area contributed by atoms with Gasteiger partial charge in [-0.25, -0.2) is 9.78 Å². The van der Waals surface area contributed by atoms with Crippen LogP contribution in [0.1, 0.15) is 52.3 Å². The first kappa shape index (κ1) is 32.2. The van der Waals surface area contributed by atoms with E-state index in [9.17, 15) is 29.6 Å². The normalized spacial score (nSPS) is 14.5. The van der Waals surface area contributed by atoms with Gasteiger partial charge in [0, 0.05) is 24.0 Å². The SMILES string of the molecule is CC(C)C[C@H](NC(=O)[C@H](Cc1c[nH]cn1)NC(=O)[C@H](Cc1ccccc1)NC(=O)OC(C)(C)C)C(O)C[N+](=O)[O-]. The number of nitrogens with zero attached hydrogens (tertiary/aromatic N) is 2. The summed E-state index contributed by atoms with van der Waals surface area (Å²) in [7, 11) is 0. The Kier molecular flexibility index (Phi) is 12.1. The van der Waals surface area contributed by atoms with Crippen LogP contribution in [0.5, 0.6) is 0 Å². The van der Waals surface area contributed by atoms with Crippen molar-refractivity contribution in [2.24, 2.45) is 5.92 Å². The smallest absolute Gasteiger partial charge is 0.408 e. The van der Waals surface area contributed by atoms with E-state index in [-0.39, 0.29) is 25.2 Å². The number of aromatic nitrogens is 2. The lowest BCUT2D eigenvalue weighted by Crippen LogP contribution is -2.58. The first-order valence-corrected chi connectivity index (χ1v) is 13.1. The third kappa shape index (κ3) is 11.8. The largest absolute Gasteiger partial charge is 0.444 e. The van der Waals surface area contributed by atoms with Crippen LogP contribution in [0.3, 0.4) is 0 Å². The zero-order valence-corrected chi connectivity index (χ0v) is 23.5. The van der Waals surface area contributed by atoms with Crippen LogP contribution >= 0.6 is 0 Å². The van der Waals surface area contributed by atoms with Crippen molar-refractivity contribution in [3.8, 4) is 0 Å². The molecular weight excluding hydrogens is 520 g/mol. The highest BCUT2D eigenvalue weighted by atomic mass is 16.6. The van der Waals surface area contributed by atoms with Crippen molar-refractivity contribution in [3.05, 3.63) is 64.2 Å². The number of carbonyl (C=O) groups is 3. The maximum absolute atomic E-state index is 13.5. The van der Waals surface area contributed by atoms with Crippen LogP contribution in [0, 0.1) is 16.0 Å². The Bertz CT molecular complexity index is 1100. The van der Waals surface area contributed by atoms with Gasteiger partial charge in [-0.15, -0.1) is 0 Å². The summed E-state index contributed by atoms with van der Waals surface area (Å²) in [5, 5.41) is 29.4. The van der Waals surface area contributed by atoms with Crippen LogP contribution < -0.4 is 16.0 Å². The fourth-order valence-electron chi connectivity index (χ4n) is 3.99. The molecule has 0 aliphatic rings. The van der Waals surface area contributed by atoms with Crippen LogP contribution in [0.2, 0.25) is 0 Å². The molecule has 13 heteroatoms. The van der Waals surface area contributed by atoms with Gasteiger partial charge in [-0.05, 0) is 38.7 Å². The third-order valence-electron chi connectivity index (χ3n) is 5.74. The number of ether oxygens (including phenoxy) is 1. The Morgan fingerprint density at radius 3 is 2.23 bits per heavy atom. The van der Waals surface area contributed by atoms with Gasteiger partial charge in [0.1, 0.15) is 23.8 Å². The van der Waals surface area contributed by atoms with Gasteiger partial charge in [0.25, 0.3) is 0 Å². The number of aliphatic hydroxyl groups excluding tert-OH is 1. The van der Waals surface area contributed by atoms with E-state index in [1.165, 1.54) is 6.33 Å². The lowest BCUT2D eigenvalue weighted by atomic mass is 9.98. The zero-order valence-electron chi connectivity index (χ0n) is 23.5. The summed E-state index contributed by atoms with van der Waals surface area (Å²) < 4.78 is 5.34. The number of nitrogens with one attached hydrogen (secondary N) is 4. The number of rotatable bonds is 14. The van der Waals surface area contributed by atoms with Gasteiger partial charge >= 0.3 is 6.09 Å². The Morgan fingerprint density at radius 2 is 1.68 bits per heavy atom. The Hall–Kier alpha value is -4.00. The first-order chi connectivity index (χ1) is 18.7. The molecule has 0 radical (unpaired) electrons. The van der Waals surface area contributed by atoms with Crippen LogP contribution in [-0.4, -0.2) is 74.3 Å². The predicted molar refractivity (Wildman–Crippen MR) is 147 cm³/mol. The molecule has 1 aromatic heterocycles. The second kappa shape index (κ2) is 15.0. The van der Waals surface area contributed by atoms with E-state index in [1.807, 2.05) is 19.9 Å². The predicted octanol–water partition coefficient (Wildman–Crippen LogP) is 1.74. The highest BCUT2D eigenvalue weighted by Crippen LogP contribution is 2.12. The average molecular weight is 561 g/mol. The van der Waals surface area contributed by atoms with Crippen molar-refractivity contribution in [2.75, 3.05) is 6.54 Å². The maximum Gasteiger partial charge on any atom is 0.408 e. The number of carbonyl (C=O) groups excluding carboxylic acids is 3. The zero-order chi connectivity index (χ0) is 29.9. The molecule has 0 aliphatic carbocycles. The fourth-order valence-corrected chi connectivity index (χ4v) is 3.99. The minimum absolute atomic E-state index is 0.00863. The van der Waals surface area contributed by atoms with Crippen LogP contribution in [0.25, 0.3) is 0 Å². The Labute approximate surface area is 233 Å². The molecule has 0 aliphatic heterocycles. The highest BCUT2D eigenvalue weighted by molar-refractivity contribution is 5.91. The fraction of sp³-hybridized carbons (Fsp3) is 0.556. The number of amides is 3. The summed E-state index contributed by atoms with van der Waals surface area (Å²) in [4.78, 5) is 56.8. The van der Waals surface area contributed by atoms with Crippen molar-refractivity contribution >= 4 is 17.9 Å². The van der Waals surface area contributed by atoms with Crippen molar-refractivity contribution < 1.29 is 29.2 Å². The molecule has 4 atom stereocenters. The molecule has 1 heterocycles. The molecule has 40 heavy (non-hydrogen) atoms. The molecule has 5 N–H and O–H groups in total. The molecule has 2 aromatic rings. The summed E-state index contributed by atoms with van der Waals surface area (Å²) in [5.74, 6) is -1.28. The quantitative estimate of drug-likeness (QED) is 0.171. The summed E-state index contributed by atoms with van der Waals surface area (Å²) >= 11 is 0. The van der Waals surface area contributed by atoms with Gasteiger partial charge in [0.2, 0.25) is 18.4 Å². The molecule has 3 amide bonds. The number of H-pyrrole nitrogens is 1. The van der Waals surface area contributed by atoms with E-state index in [4.69, 9.17) is 4.74 Å². The summed E-state index contributed by atoms with van der Waals surface area (Å²) in [5.41, 5.74) is 0.453.